The molecule has 0 atom stereocenters. The van der Waals surface area contributed by atoms with Gasteiger partial charge in [-0.25, -0.2) is 0 Å². The smallest absolute Gasteiger partial charge is 0.224 e. The summed E-state index contributed by atoms with van der Waals surface area (Å²) in [5.74, 6) is 0.737. The van der Waals surface area contributed by atoms with Crippen LogP contribution in [0.15, 0.2) is 16.6 Å². The monoisotopic (exact) mass is 323 g/mol. The van der Waals surface area contributed by atoms with Crippen LogP contribution in [-0.4, -0.2) is 5.91 Å². The third-order valence-corrected chi connectivity index (χ3v) is 3.76. The van der Waals surface area contributed by atoms with Crippen molar-refractivity contribution in [1.82, 2.24) is 0 Å². The highest BCUT2D eigenvalue weighted by Crippen LogP contribution is 2.45. The van der Waals surface area contributed by atoms with E-state index in [1.54, 1.807) is 0 Å². The standard InChI is InChI=1S/C16H22BrNO/c1-10-7-12(17)8-13(11-5-6-11)15(10)18-14(19)9-16(2,3)4/h7-8,11H,5-6,9H2,1-4H3,(H,18,19). The number of anilines is 1. The van der Waals surface area contributed by atoms with E-state index in [1.807, 2.05) is 0 Å². The Balaban J connectivity index is 2.22. The normalized spacial score (nSPS) is 15.4. The van der Waals surface area contributed by atoms with Crippen LogP contribution in [0.4, 0.5) is 5.69 Å². The molecule has 0 aliphatic heterocycles. The Hall–Kier alpha value is -0.830. The lowest BCUT2D eigenvalue weighted by atomic mass is 9.91. The fraction of sp³-hybridized carbons (Fsp3) is 0.562. The van der Waals surface area contributed by atoms with Crippen LogP contribution < -0.4 is 5.32 Å². The zero-order chi connectivity index (χ0) is 14.2. The summed E-state index contributed by atoms with van der Waals surface area (Å²) in [6.07, 6.45) is 3.02. The number of amides is 1. The Morgan fingerprint density at radius 2 is 2.00 bits per heavy atom. The van der Waals surface area contributed by atoms with E-state index < -0.39 is 0 Å². The van der Waals surface area contributed by atoms with Crippen molar-refractivity contribution in [3.63, 3.8) is 0 Å². The number of carbonyl (C=O) groups is 1. The van der Waals surface area contributed by atoms with Gasteiger partial charge in [-0.3, -0.25) is 4.79 Å². The number of hydrogen-bond donors (Lipinski definition) is 1. The SMILES string of the molecule is Cc1cc(Br)cc(C2CC2)c1NC(=O)CC(C)(C)C. The predicted octanol–water partition coefficient (Wildman–Crippen LogP) is 5.01. The van der Waals surface area contributed by atoms with Gasteiger partial charge >= 0.3 is 0 Å². The van der Waals surface area contributed by atoms with Gasteiger partial charge in [0.1, 0.15) is 0 Å². The lowest BCUT2D eigenvalue weighted by molar-refractivity contribution is -0.117. The van der Waals surface area contributed by atoms with E-state index in [-0.39, 0.29) is 11.3 Å². The minimum Gasteiger partial charge on any atom is -0.326 e. The number of rotatable bonds is 3. The van der Waals surface area contributed by atoms with Gasteiger partial charge in [0, 0.05) is 16.6 Å². The van der Waals surface area contributed by atoms with E-state index in [0.717, 1.165) is 15.7 Å². The van der Waals surface area contributed by atoms with Crippen molar-refractivity contribution >= 4 is 27.5 Å². The molecular weight excluding hydrogens is 302 g/mol. The molecule has 1 N–H and O–H groups in total. The van der Waals surface area contributed by atoms with Crippen molar-refractivity contribution in [3.8, 4) is 0 Å². The molecule has 0 heterocycles. The Bertz CT molecular complexity index is 498. The van der Waals surface area contributed by atoms with Gasteiger partial charge in [-0.1, -0.05) is 36.7 Å². The molecule has 1 aliphatic carbocycles. The highest BCUT2D eigenvalue weighted by molar-refractivity contribution is 9.10. The molecule has 0 aromatic heterocycles. The van der Waals surface area contributed by atoms with Gasteiger partial charge in [0.2, 0.25) is 5.91 Å². The first-order valence-corrected chi connectivity index (χ1v) is 7.65. The molecule has 19 heavy (non-hydrogen) atoms. The van der Waals surface area contributed by atoms with Gasteiger partial charge in [-0.15, -0.1) is 0 Å². The summed E-state index contributed by atoms with van der Waals surface area (Å²) in [5.41, 5.74) is 3.47. The topological polar surface area (TPSA) is 29.1 Å². The van der Waals surface area contributed by atoms with Gasteiger partial charge in [0.05, 0.1) is 0 Å². The highest BCUT2D eigenvalue weighted by atomic mass is 79.9. The Labute approximate surface area is 124 Å². The first kappa shape index (κ1) is 14.6. The van der Waals surface area contributed by atoms with Crippen molar-refractivity contribution < 1.29 is 4.79 Å². The van der Waals surface area contributed by atoms with Gasteiger partial charge in [-0.2, -0.15) is 0 Å². The molecule has 104 valence electrons. The number of nitrogens with one attached hydrogen (secondary N) is 1. The summed E-state index contributed by atoms with van der Waals surface area (Å²) in [7, 11) is 0. The van der Waals surface area contributed by atoms with E-state index >= 15 is 0 Å². The Kier molecular flexibility index (Phi) is 4.05. The molecular formula is C16H22BrNO. The van der Waals surface area contributed by atoms with Crippen LogP contribution >= 0.6 is 15.9 Å². The summed E-state index contributed by atoms with van der Waals surface area (Å²) < 4.78 is 1.10. The number of carbonyl (C=O) groups excluding carboxylic acids is 1. The second kappa shape index (κ2) is 5.28. The molecule has 1 saturated carbocycles. The Morgan fingerprint density at radius 1 is 1.37 bits per heavy atom. The molecule has 2 rings (SSSR count). The maximum Gasteiger partial charge on any atom is 0.224 e. The van der Waals surface area contributed by atoms with Crippen molar-refractivity contribution in [1.29, 1.82) is 0 Å². The lowest BCUT2D eigenvalue weighted by Gasteiger charge is -2.19. The molecule has 0 unspecified atom stereocenters. The molecule has 0 spiro atoms. The first-order valence-electron chi connectivity index (χ1n) is 6.86. The van der Waals surface area contributed by atoms with Crippen LogP contribution in [0, 0.1) is 12.3 Å². The minimum atomic E-state index is 0.0209. The largest absolute Gasteiger partial charge is 0.326 e. The van der Waals surface area contributed by atoms with E-state index in [4.69, 9.17) is 0 Å². The summed E-state index contributed by atoms with van der Waals surface area (Å²) >= 11 is 3.55. The minimum absolute atomic E-state index is 0.0209. The Morgan fingerprint density at radius 3 is 2.53 bits per heavy atom. The van der Waals surface area contributed by atoms with Crippen molar-refractivity contribution in [2.45, 2.75) is 52.9 Å². The third-order valence-electron chi connectivity index (χ3n) is 3.30. The predicted molar refractivity (Wildman–Crippen MR) is 83.6 cm³/mol. The quantitative estimate of drug-likeness (QED) is 0.832. The van der Waals surface area contributed by atoms with E-state index in [1.165, 1.54) is 18.4 Å². The van der Waals surface area contributed by atoms with Gasteiger partial charge in [-0.05, 0) is 54.4 Å². The molecule has 0 bridgehead atoms. The van der Waals surface area contributed by atoms with Gasteiger partial charge in [0.25, 0.3) is 0 Å². The number of aryl methyl sites for hydroxylation is 1. The van der Waals surface area contributed by atoms with Crippen LogP contribution in [0.25, 0.3) is 0 Å². The average Bonchev–Trinajstić information content (AvgIpc) is 3.02. The van der Waals surface area contributed by atoms with Gasteiger partial charge < -0.3 is 5.32 Å². The lowest BCUT2D eigenvalue weighted by Crippen LogP contribution is -2.20. The second-order valence-electron chi connectivity index (χ2n) is 6.75. The van der Waals surface area contributed by atoms with Crippen LogP contribution in [-0.2, 0) is 4.79 Å². The molecule has 1 amide bonds. The average molecular weight is 324 g/mol. The van der Waals surface area contributed by atoms with Crippen LogP contribution in [0.1, 0.15) is 57.1 Å². The molecule has 1 fully saturated rings. The van der Waals surface area contributed by atoms with Gasteiger partial charge in [0.15, 0.2) is 0 Å². The molecule has 3 heteroatoms. The molecule has 1 aromatic rings. The fourth-order valence-corrected chi connectivity index (χ4v) is 2.91. The zero-order valence-electron chi connectivity index (χ0n) is 12.1. The summed E-state index contributed by atoms with van der Waals surface area (Å²) in [6.45, 7) is 8.32. The molecule has 0 radical (unpaired) electrons. The maximum absolute atomic E-state index is 12.1. The van der Waals surface area contributed by atoms with Crippen LogP contribution in [0.5, 0.6) is 0 Å². The zero-order valence-corrected chi connectivity index (χ0v) is 13.7. The van der Waals surface area contributed by atoms with Crippen molar-refractivity contribution in [2.24, 2.45) is 5.41 Å². The van der Waals surface area contributed by atoms with Crippen LogP contribution in [0.2, 0.25) is 0 Å². The fourth-order valence-electron chi connectivity index (χ4n) is 2.32. The third kappa shape index (κ3) is 4.07. The first-order chi connectivity index (χ1) is 8.76. The number of hydrogen-bond acceptors (Lipinski definition) is 1. The van der Waals surface area contributed by atoms with E-state index in [9.17, 15) is 4.79 Å². The molecule has 2 nitrogen and oxygen atoms in total. The van der Waals surface area contributed by atoms with Crippen molar-refractivity contribution in [2.75, 3.05) is 5.32 Å². The van der Waals surface area contributed by atoms with Crippen molar-refractivity contribution in [3.05, 3.63) is 27.7 Å². The summed E-state index contributed by atoms with van der Waals surface area (Å²) in [6, 6.07) is 4.22. The summed E-state index contributed by atoms with van der Waals surface area (Å²) in [4.78, 5) is 12.1. The molecule has 1 aliphatic rings. The van der Waals surface area contributed by atoms with E-state index in [0.29, 0.717) is 12.3 Å². The highest BCUT2D eigenvalue weighted by Gasteiger charge is 2.28. The number of benzene rings is 1. The molecule has 1 aromatic carbocycles. The number of halogens is 1. The second-order valence-corrected chi connectivity index (χ2v) is 7.66. The van der Waals surface area contributed by atoms with Crippen LogP contribution in [0.3, 0.4) is 0 Å². The maximum atomic E-state index is 12.1. The van der Waals surface area contributed by atoms with E-state index in [2.05, 4.69) is 61.1 Å². The molecule has 0 saturated heterocycles. The summed E-state index contributed by atoms with van der Waals surface area (Å²) in [5, 5.41) is 3.12.